The van der Waals surface area contributed by atoms with Gasteiger partial charge >= 0.3 is 0 Å². The second kappa shape index (κ2) is 6.56. The van der Waals surface area contributed by atoms with Gasteiger partial charge in [0.05, 0.1) is 12.1 Å². The lowest BCUT2D eigenvalue weighted by Crippen LogP contribution is -2.61. The molecule has 26 heavy (non-hydrogen) atoms. The zero-order chi connectivity index (χ0) is 18.5. The molecule has 3 heterocycles. The Kier molecular flexibility index (Phi) is 4.63. The van der Waals surface area contributed by atoms with Crippen LogP contribution in [0.1, 0.15) is 37.5 Å². The van der Waals surface area contributed by atoms with Crippen molar-refractivity contribution in [2.45, 2.75) is 43.9 Å². The van der Waals surface area contributed by atoms with E-state index in [0.717, 1.165) is 18.9 Å². The lowest BCUT2D eigenvalue weighted by Gasteiger charge is -2.50. The fraction of sp³-hybridized carbons (Fsp3) is 0.824. The summed E-state index contributed by atoms with van der Waals surface area (Å²) in [6.45, 7) is 3.05. The molecule has 9 heteroatoms. The third kappa shape index (κ3) is 3.31. The SMILES string of the molecule is CN(C)S(=O)(=O)N1CC[C@@]2(O)CCN(Cc3nccn3C3CC3)C[C@H]2C1. The average Bonchev–Trinajstić information content (AvgIpc) is 3.34. The van der Waals surface area contributed by atoms with Crippen molar-refractivity contribution in [3.63, 3.8) is 0 Å². The van der Waals surface area contributed by atoms with Crippen molar-refractivity contribution < 1.29 is 13.5 Å². The molecule has 0 spiro atoms. The maximum absolute atomic E-state index is 12.5. The summed E-state index contributed by atoms with van der Waals surface area (Å²) in [4.78, 5) is 6.83. The minimum atomic E-state index is -3.43. The van der Waals surface area contributed by atoms with Crippen LogP contribution in [-0.2, 0) is 16.8 Å². The first-order chi connectivity index (χ1) is 12.3. The molecule has 1 saturated carbocycles. The summed E-state index contributed by atoms with van der Waals surface area (Å²) in [6, 6.07) is 0.602. The number of aliphatic hydroxyl groups is 1. The van der Waals surface area contributed by atoms with Crippen molar-refractivity contribution in [1.82, 2.24) is 23.1 Å². The Bertz CT molecular complexity index is 760. The van der Waals surface area contributed by atoms with Gasteiger partial charge in [0.2, 0.25) is 0 Å². The molecule has 3 aliphatic rings. The van der Waals surface area contributed by atoms with Gasteiger partial charge in [-0.05, 0) is 25.7 Å². The average molecular weight is 384 g/mol. The molecule has 146 valence electrons. The zero-order valence-electron chi connectivity index (χ0n) is 15.6. The minimum Gasteiger partial charge on any atom is -0.389 e. The summed E-state index contributed by atoms with van der Waals surface area (Å²) in [7, 11) is -0.321. The maximum Gasteiger partial charge on any atom is 0.281 e. The molecule has 8 nitrogen and oxygen atoms in total. The highest BCUT2D eigenvalue weighted by Gasteiger charge is 2.47. The maximum atomic E-state index is 12.5. The zero-order valence-corrected chi connectivity index (χ0v) is 16.4. The van der Waals surface area contributed by atoms with Gasteiger partial charge in [-0.15, -0.1) is 0 Å². The van der Waals surface area contributed by atoms with Gasteiger partial charge in [0.1, 0.15) is 5.82 Å². The van der Waals surface area contributed by atoms with Gasteiger partial charge in [-0.3, -0.25) is 4.90 Å². The van der Waals surface area contributed by atoms with Gasteiger partial charge in [-0.2, -0.15) is 17.0 Å². The van der Waals surface area contributed by atoms with E-state index in [9.17, 15) is 13.5 Å². The third-order valence-corrected chi connectivity index (χ3v) is 8.07. The molecule has 1 aromatic rings. The number of piperidine rings is 2. The first-order valence-corrected chi connectivity index (χ1v) is 10.8. The summed E-state index contributed by atoms with van der Waals surface area (Å²) >= 11 is 0. The molecule has 2 saturated heterocycles. The molecule has 0 aromatic carbocycles. The number of aromatic nitrogens is 2. The van der Waals surface area contributed by atoms with Gasteiger partial charge in [-0.1, -0.05) is 0 Å². The molecule has 3 fully saturated rings. The van der Waals surface area contributed by atoms with Crippen LogP contribution in [0.4, 0.5) is 0 Å². The summed E-state index contributed by atoms with van der Waals surface area (Å²) < 4.78 is 30.0. The van der Waals surface area contributed by atoms with Crippen LogP contribution >= 0.6 is 0 Å². The number of hydrogen-bond donors (Lipinski definition) is 1. The van der Waals surface area contributed by atoms with Crippen LogP contribution < -0.4 is 0 Å². The Morgan fingerprint density at radius 1 is 1.27 bits per heavy atom. The molecule has 2 atom stereocenters. The summed E-state index contributed by atoms with van der Waals surface area (Å²) in [5.74, 6) is 1.01. The van der Waals surface area contributed by atoms with Gasteiger partial charge in [-0.25, -0.2) is 4.98 Å². The number of nitrogens with zero attached hydrogens (tertiary/aromatic N) is 5. The predicted molar refractivity (Wildman–Crippen MR) is 97.6 cm³/mol. The topological polar surface area (TPSA) is 81.9 Å². The number of imidazole rings is 1. The predicted octanol–water partition coefficient (Wildman–Crippen LogP) is 0.283. The number of hydrogen-bond acceptors (Lipinski definition) is 5. The highest BCUT2D eigenvalue weighted by molar-refractivity contribution is 7.86. The van der Waals surface area contributed by atoms with E-state index < -0.39 is 15.8 Å². The van der Waals surface area contributed by atoms with E-state index in [4.69, 9.17) is 0 Å². The largest absolute Gasteiger partial charge is 0.389 e. The summed E-state index contributed by atoms with van der Waals surface area (Å²) in [5.41, 5.74) is -0.749. The van der Waals surface area contributed by atoms with E-state index in [1.165, 1.54) is 21.5 Å². The Hall–Kier alpha value is -1.00. The van der Waals surface area contributed by atoms with E-state index in [1.807, 2.05) is 6.20 Å². The van der Waals surface area contributed by atoms with E-state index >= 15 is 0 Å². The van der Waals surface area contributed by atoms with Crippen LogP contribution in [0.5, 0.6) is 0 Å². The molecule has 4 rings (SSSR count). The van der Waals surface area contributed by atoms with Crippen molar-refractivity contribution in [1.29, 1.82) is 0 Å². The number of likely N-dealkylation sites (tertiary alicyclic amines) is 1. The second-order valence-electron chi connectivity index (χ2n) is 8.17. The molecular formula is C17H29N5O3S. The van der Waals surface area contributed by atoms with Crippen molar-refractivity contribution in [3.8, 4) is 0 Å². The van der Waals surface area contributed by atoms with Gasteiger partial charge in [0.15, 0.2) is 0 Å². The van der Waals surface area contributed by atoms with Crippen LogP contribution in [0.25, 0.3) is 0 Å². The Morgan fingerprint density at radius 3 is 2.69 bits per heavy atom. The first-order valence-electron chi connectivity index (χ1n) is 9.44. The molecule has 0 unspecified atom stereocenters. The molecule has 2 aliphatic heterocycles. The molecule has 1 N–H and O–H groups in total. The van der Waals surface area contributed by atoms with E-state index in [2.05, 4.69) is 20.6 Å². The van der Waals surface area contributed by atoms with E-state index in [1.54, 1.807) is 14.1 Å². The molecule has 0 amide bonds. The molecular weight excluding hydrogens is 354 g/mol. The van der Waals surface area contributed by atoms with Crippen LogP contribution in [0.15, 0.2) is 12.4 Å². The lowest BCUT2D eigenvalue weighted by molar-refractivity contribution is -0.103. The van der Waals surface area contributed by atoms with Crippen molar-refractivity contribution >= 4 is 10.2 Å². The molecule has 1 aromatic heterocycles. The smallest absolute Gasteiger partial charge is 0.281 e. The first kappa shape index (κ1) is 18.4. The number of fused-ring (bicyclic) bond motifs is 1. The van der Waals surface area contributed by atoms with Gasteiger partial charge in [0, 0.05) is 64.6 Å². The van der Waals surface area contributed by atoms with Crippen LogP contribution in [0, 0.1) is 5.92 Å². The highest BCUT2D eigenvalue weighted by atomic mass is 32.2. The molecule has 1 aliphatic carbocycles. The van der Waals surface area contributed by atoms with Crippen molar-refractivity contribution in [2.75, 3.05) is 40.3 Å². The fourth-order valence-corrected chi connectivity index (χ4v) is 5.43. The minimum absolute atomic E-state index is 0.0657. The monoisotopic (exact) mass is 383 g/mol. The van der Waals surface area contributed by atoms with Gasteiger partial charge < -0.3 is 9.67 Å². The van der Waals surface area contributed by atoms with Crippen molar-refractivity contribution in [3.05, 3.63) is 18.2 Å². The summed E-state index contributed by atoms with van der Waals surface area (Å²) in [5, 5.41) is 11.0. The standard InChI is InChI=1S/C17H29N5O3S/c1-19(2)26(24,25)21-9-6-17(23)5-8-20(11-14(17)12-21)13-16-18-7-10-22(16)15-3-4-15/h7,10,14-15,23H,3-6,8-9,11-13H2,1-2H3/t14-,17-/m0/s1. The van der Waals surface area contributed by atoms with Crippen LogP contribution in [0.2, 0.25) is 0 Å². The second-order valence-corrected chi connectivity index (χ2v) is 10.3. The van der Waals surface area contributed by atoms with Crippen LogP contribution in [0.3, 0.4) is 0 Å². The summed E-state index contributed by atoms with van der Waals surface area (Å²) in [6.07, 6.45) is 7.57. The van der Waals surface area contributed by atoms with Crippen molar-refractivity contribution in [2.24, 2.45) is 5.92 Å². The Morgan fingerprint density at radius 2 is 2.00 bits per heavy atom. The fourth-order valence-electron chi connectivity index (χ4n) is 4.28. The highest BCUT2D eigenvalue weighted by Crippen LogP contribution is 2.38. The molecule has 0 radical (unpaired) electrons. The van der Waals surface area contributed by atoms with E-state index in [0.29, 0.717) is 38.5 Å². The van der Waals surface area contributed by atoms with Gasteiger partial charge in [0.25, 0.3) is 10.2 Å². The van der Waals surface area contributed by atoms with Crippen LogP contribution in [-0.4, -0.2) is 82.5 Å². The molecule has 0 bridgehead atoms. The third-order valence-electron chi connectivity index (χ3n) is 6.16. The number of rotatable bonds is 5. The Labute approximate surface area is 155 Å². The quantitative estimate of drug-likeness (QED) is 0.790. The van der Waals surface area contributed by atoms with E-state index in [-0.39, 0.29) is 5.92 Å². The Balaban J connectivity index is 1.45. The lowest BCUT2D eigenvalue weighted by atomic mass is 9.76. The normalized spacial score (nSPS) is 31.3.